The lowest BCUT2D eigenvalue weighted by Gasteiger charge is -2.42. The van der Waals surface area contributed by atoms with Crippen LogP contribution in [-0.4, -0.2) is 41.0 Å². The number of rotatable bonds is 4. The van der Waals surface area contributed by atoms with Crippen LogP contribution in [0, 0.1) is 5.92 Å². The molecule has 0 saturated carbocycles. The first-order valence-corrected chi connectivity index (χ1v) is 6.77. The number of piperazine rings is 1. The average Bonchev–Trinajstić information content (AvgIpc) is 2.30. The summed E-state index contributed by atoms with van der Waals surface area (Å²) >= 11 is 0. The Balaban J connectivity index is 2.96. The molecule has 1 aliphatic rings. The second-order valence-electron chi connectivity index (χ2n) is 5.46. The van der Waals surface area contributed by atoms with Gasteiger partial charge in [-0.2, -0.15) is 13.2 Å². The number of nitrogens with zero attached hydrogens (tertiary/aromatic N) is 1. The third-order valence-corrected chi connectivity index (χ3v) is 3.83. The second-order valence-corrected chi connectivity index (χ2v) is 5.46. The normalized spacial score (nSPS) is 27.2. The summed E-state index contributed by atoms with van der Waals surface area (Å²) < 4.78 is 37.5. The number of halogens is 3. The lowest BCUT2D eigenvalue weighted by molar-refractivity contribution is -0.165. The van der Waals surface area contributed by atoms with E-state index in [-0.39, 0.29) is 5.92 Å². The molecule has 1 fully saturated rings. The first kappa shape index (κ1) is 16.8. The maximum absolute atomic E-state index is 12.5. The summed E-state index contributed by atoms with van der Waals surface area (Å²) in [4.78, 5) is 25.3. The molecule has 1 N–H and O–H groups in total. The lowest BCUT2D eigenvalue weighted by Crippen LogP contribution is -2.66. The molecule has 4 atom stereocenters. The maximum atomic E-state index is 12.5. The number of carbonyl (C=O) groups is 2. The van der Waals surface area contributed by atoms with Crippen LogP contribution in [0.5, 0.6) is 0 Å². The minimum atomic E-state index is -4.36. The van der Waals surface area contributed by atoms with E-state index < -0.39 is 42.5 Å². The van der Waals surface area contributed by atoms with Crippen molar-refractivity contribution in [3.63, 3.8) is 0 Å². The van der Waals surface area contributed by atoms with Crippen molar-refractivity contribution in [3.8, 4) is 0 Å². The molecule has 0 aromatic heterocycles. The number of nitrogens with one attached hydrogen (secondary N) is 1. The third kappa shape index (κ3) is 3.64. The van der Waals surface area contributed by atoms with E-state index in [0.29, 0.717) is 6.42 Å². The van der Waals surface area contributed by atoms with E-state index in [4.69, 9.17) is 0 Å². The largest absolute Gasteiger partial charge is 0.391 e. The van der Waals surface area contributed by atoms with Gasteiger partial charge in [-0.15, -0.1) is 0 Å². The Morgan fingerprint density at radius 2 is 1.85 bits per heavy atom. The van der Waals surface area contributed by atoms with Crippen molar-refractivity contribution in [2.75, 3.05) is 0 Å². The van der Waals surface area contributed by atoms with Crippen LogP contribution in [0.4, 0.5) is 13.2 Å². The Bertz CT molecular complexity index is 384. The molecule has 4 unspecified atom stereocenters. The maximum Gasteiger partial charge on any atom is 0.391 e. The molecule has 7 heteroatoms. The number of hydrogen-bond donors (Lipinski definition) is 1. The second kappa shape index (κ2) is 6.01. The summed E-state index contributed by atoms with van der Waals surface area (Å²) in [6.07, 6.45) is -4.81. The van der Waals surface area contributed by atoms with Crippen LogP contribution in [0.1, 0.15) is 40.5 Å². The molecule has 20 heavy (non-hydrogen) atoms. The van der Waals surface area contributed by atoms with Gasteiger partial charge in [0, 0.05) is 6.04 Å². The zero-order valence-electron chi connectivity index (χ0n) is 12.1. The molecule has 4 nitrogen and oxygen atoms in total. The monoisotopic (exact) mass is 294 g/mol. The summed E-state index contributed by atoms with van der Waals surface area (Å²) in [6, 6.07) is -2.66. The highest BCUT2D eigenvalue weighted by Gasteiger charge is 2.44. The SMILES string of the molecule is CCC(C)C1NC(=O)C(C)N(C(C)CC(F)(F)F)C1=O. The zero-order valence-corrected chi connectivity index (χ0v) is 12.1. The number of hydrogen-bond acceptors (Lipinski definition) is 2. The fourth-order valence-electron chi connectivity index (χ4n) is 2.47. The fraction of sp³-hybridized carbons (Fsp3) is 0.846. The molecule has 0 radical (unpaired) electrons. The molecule has 1 saturated heterocycles. The van der Waals surface area contributed by atoms with Gasteiger partial charge < -0.3 is 10.2 Å². The van der Waals surface area contributed by atoms with Crippen molar-refractivity contribution in [1.29, 1.82) is 0 Å². The van der Waals surface area contributed by atoms with Crippen molar-refractivity contribution >= 4 is 11.8 Å². The lowest BCUT2D eigenvalue weighted by atomic mass is 9.93. The van der Waals surface area contributed by atoms with Gasteiger partial charge in [-0.05, 0) is 19.8 Å². The predicted molar refractivity (Wildman–Crippen MR) is 67.8 cm³/mol. The molecule has 2 amide bonds. The van der Waals surface area contributed by atoms with Gasteiger partial charge in [0.1, 0.15) is 12.1 Å². The Kier molecular flexibility index (Phi) is 5.05. The van der Waals surface area contributed by atoms with Crippen LogP contribution in [-0.2, 0) is 9.59 Å². The van der Waals surface area contributed by atoms with E-state index in [1.165, 1.54) is 13.8 Å². The fourth-order valence-corrected chi connectivity index (χ4v) is 2.47. The third-order valence-electron chi connectivity index (χ3n) is 3.83. The first-order chi connectivity index (χ1) is 9.08. The van der Waals surface area contributed by atoms with Gasteiger partial charge >= 0.3 is 6.18 Å². The van der Waals surface area contributed by atoms with E-state index in [2.05, 4.69) is 5.32 Å². The van der Waals surface area contributed by atoms with E-state index in [1.807, 2.05) is 6.92 Å². The minimum absolute atomic E-state index is 0.112. The Morgan fingerprint density at radius 3 is 2.30 bits per heavy atom. The molecular formula is C13H21F3N2O2. The Labute approximate surface area is 116 Å². The van der Waals surface area contributed by atoms with Crippen molar-refractivity contribution in [1.82, 2.24) is 10.2 Å². The number of amides is 2. The van der Waals surface area contributed by atoms with Crippen LogP contribution < -0.4 is 5.32 Å². The summed E-state index contributed by atoms with van der Waals surface area (Å²) in [6.45, 7) is 6.44. The molecular weight excluding hydrogens is 273 g/mol. The summed E-state index contributed by atoms with van der Waals surface area (Å²) in [5.41, 5.74) is 0. The van der Waals surface area contributed by atoms with Crippen molar-refractivity contribution in [3.05, 3.63) is 0 Å². The number of alkyl halides is 3. The highest BCUT2D eigenvalue weighted by Crippen LogP contribution is 2.27. The van der Waals surface area contributed by atoms with Gasteiger partial charge in [-0.3, -0.25) is 9.59 Å². The average molecular weight is 294 g/mol. The van der Waals surface area contributed by atoms with Crippen molar-refractivity contribution in [2.24, 2.45) is 5.92 Å². The van der Waals surface area contributed by atoms with E-state index in [1.54, 1.807) is 6.92 Å². The van der Waals surface area contributed by atoms with Crippen LogP contribution in [0.3, 0.4) is 0 Å². The van der Waals surface area contributed by atoms with Crippen LogP contribution in [0.25, 0.3) is 0 Å². The Morgan fingerprint density at radius 1 is 1.30 bits per heavy atom. The van der Waals surface area contributed by atoms with E-state index in [9.17, 15) is 22.8 Å². The highest BCUT2D eigenvalue weighted by atomic mass is 19.4. The standard InChI is InChI=1S/C13H21F3N2O2/c1-5-7(2)10-12(20)18(9(4)11(19)17-10)8(3)6-13(14,15)16/h7-10H,5-6H2,1-4H3,(H,17,19). The molecule has 1 heterocycles. The van der Waals surface area contributed by atoms with Crippen LogP contribution >= 0.6 is 0 Å². The predicted octanol–water partition coefficient (Wildman–Crippen LogP) is 2.09. The molecule has 0 aliphatic carbocycles. The van der Waals surface area contributed by atoms with Gasteiger partial charge in [0.15, 0.2) is 0 Å². The molecule has 1 aliphatic heterocycles. The van der Waals surface area contributed by atoms with Crippen LogP contribution in [0.15, 0.2) is 0 Å². The van der Waals surface area contributed by atoms with Gasteiger partial charge in [0.2, 0.25) is 11.8 Å². The smallest absolute Gasteiger partial charge is 0.342 e. The van der Waals surface area contributed by atoms with E-state index in [0.717, 1.165) is 4.90 Å². The molecule has 0 aromatic rings. The minimum Gasteiger partial charge on any atom is -0.342 e. The van der Waals surface area contributed by atoms with Crippen molar-refractivity contribution in [2.45, 2.75) is 64.8 Å². The number of carbonyl (C=O) groups excluding carboxylic acids is 2. The summed E-state index contributed by atoms with van der Waals surface area (Å²) in [5.74, 6) is -0.938. The molecule has 0 spiro atoms. The quantitative estimate of drug-likeness (QED) is 0.863. The topological polar surface area (TPSA) is 49.4 Å². The summed E-state index contributed by atoms with van der Waals surface area (Å²) in [7, 11) is 0. The molecule has 0 aromatic carbocycles. The Hall–Kier alpha value is -1.27. The van der Waals surface area contributed by atoms with Crippen LogP contribution in [0.2, 0.25) is 0 Å². The first-order valence-electron chi connectivity index (χ1n) is 6.77. The molecule has 1 rings (SSSR count). The van der Waals surface area contributed by atoms with Gasteiger partial charge in [-0.1, -0.05) is 20.3 Å². The van der Waals surface area contributed by atoms with Gasteiger partial charge in [0.25, 0.3) is 0 Å². The summed E-state index contributed by atoms with van der Waals surface area (Å²) in [5, 5.41) is 2.60. The van der Waals surface area contributed by atoms with Crippen molar-refractivity contribution < 1.29 is 22.8 Å². The van der Waals surface area contributed by atoms with Gasteiger partial charge in [0.05, 0.1) is 6.42 Å². The molecule has 0 bridgehead atoms. The van der Waals surface area contributed by atoms with Gasteiger partial charge in [-0.25, -0.2) is 0 Å². The highest BCUT2D eigenvalue weighted by molar-refractivity contribution is 5.97. The van der Waals surface area contributed by atoms with E-state index >= 15 is 0 Å². The zero-order chi connectivity index (χ0) is 15.7. The molecule has 116 valence electrons.